The summed E-state index contributed by atoms with van der Waals surface area (Å²) in [5.74, 6) is 0. The molecule has 0 aliphatic heterocycles. The number of rotatable bonds is 3. The molecule has 2 aromatic heterocycles. The molecule has 0 saturated carbocycles. The second kappa shape index (κ2) is 4.02. The zero-order chi connectivity index (χ0) is 9.80. The molecule has 2 heterocycles. The van der Waals surface area contributed by atoms with Gasteiger partial charge in [-0.05, 0) is 13.1 Å². The minimum absolute atomic E-state index is 0.0925. The van der Waals surface area contributed by atoms with Crippen LogP contribution in [0.2, 0.25) is 0 Å². The molecule has 0 fully saturated rings. The average Bonchev–Trinajstić information content (AvgIpc) is 2.74. The van der Waals surface area contributed by atoms with Gasteiger partial charge in [0.05, 0.1) is 18.6 Å². The summed E-state index contributed by atoms with van der Waals surface area (Å²) in [5.41, 5.74) is 2.10. The summed E-state index contributed by atoms with van der Waals surface area (Å²) >= 11 is 0. The monoisotopic (exact) mass is 189 g/mol. The van der Waals surface area contributed by atoms with Crippen molar-refractivity contribution < 1.29 is 4.42 Å². The number of furan rings is 1. The van der Waals surface area contributed by atoms with Crippen molar-refractivity contribution in [3.05, 3.63) is 48.4 Å². The number of aromatic nitrogens is 2. The van der Waals surface area contributed by atoms with Crippen LogP contribution in [0.3, 0.4) is 0 Å². The van der Waals surface area contributed by atoms with Crippen molar-refractivity contribution >= 4 is 0 Å². The van der Waals surface area contributed by atoms with Crippen molar-refractivity contribution in [1.82, 2.24) is 15.3 Å². The fourth-order valence-electron chi connectivity index (χ4n) is 1.42. The van der Waals surface area contributed by atoms with Crippen molar-refractivity contribution in [2.45, 2.75) is 6.04 Å². The molecule has 0 radical (unpaired) electrons. The largest absolute Gasteiger partial charge is 0.472 e. The third-order valence-corrected chi connectivity index (χ3v) is 2.08. The van der Waals surface area contributed by atoms with E-state index in [2.05, 4.69) is 15.3 Å². The van der Waals surface area contributed by atoms with Gasteiger partial charge in [-0.1, -0.05) is 0 Å². The van der Waals surface area contributed by atoms with E-state index in [4.69, 9.17) is 4.42 Å². The Hall–Kier alpha value is -1.68. The Kier molecular flexibility index (Phi) is 2.55. The summed E-state index contributed by atoms with van der Waals surface area (Å²) in [4.78, 5) is 7.96. The summed E-state index contributed by atoms with van der Waals surface area (Å²) in [7, 11) is 1.89. The van der Waals surface area contributed by atoms with Gasteiger partial charge in [-0.25, -0.2) is 9.97 Å². The van der Waals surface area contributed by atoms with Gasteiger partial charge in [0.25, 0.3) is 0 Å². The quantitative estimate of drug-likeness (QED) is 0.792. The predicted molar refractivity (Wildman–Crippen MR) is 51.6 cm³/mol. The lowest BCUT2D eigenvalue weighted by Gasteiger charge is -2.13. The third kappa shape index (κ3) is 1.65. The molecule has 0 saturated heterocycles. The Morgan fingerprint density at radius 2 is 2.07 bits per heavy atom. The van der Waals surface area contributed by atoms with E-state index in [1.54, 1.807) is 24.9 Å². The standard InChI is InChI=1S/C10H11N3O/c1-11-10(8-2-3-14-6-8)9-4-12-7-13-5-9/h2-7,10-11H,1H3. The first kappa shape index (κ1) is 8.90. The van der Waals surface area contributed by atoms with Gasteiger partial charge in [0.1, 0.15) is 6.33 Å². The maximum Gasteiger partial charge on any atom is 0.115 e. The topological polar surface area (TPSA) is 51.0 Å². The smallest absolute Gasteiger partial charge is 0.115 e. The van der Waals surface area contributed by atoms with E-state index in [1.165, 1.54) is 6.33 Å². The lowest BCUT2D eigenvalue weighted by atomic mass is 10.1. The summed E-state index contributed by atoms with van der Waals surface area (Å²) < 4.78 is 5.04. The van der Waals surface area contributed by atoms with Crippen LogP contribution in [0.5, 0.6) is 0 Å². The molecule has 0 bridgehead atoms. The molecular formula is C10H11N3O. The maximum atomic E-state index is 5.04. The van der Waals surface area contributed by atoms with E-state index in [0.29, 0.717) is 0 Å². The number of hydrogen-bond donors (Lipinski definition) is 1. The number of nitrogens with zero attached hydrogens (tertiary/aromatic N) is 2. The Labute approximate surface area is 82.0 Å². The fourth-order valence-corrected chi connectivity index (χ4v) is 1.42. The van der Waals surface area contributed by atoms with Crippen LogP contribution in [-0.4, -0.2) is 17.0 Å². The molecule has 4 heteroatoms. The Morgan fingerprint density at radius 1 is 1.29 bits per heavy atom. The highest BCUT2D eigenvalue weighted by Crippen LogP contribution is 2.20. The maximum absolute atomic E-state index is 5.04. The highest BCUT2D eigenvalue weighted by molar-refractivity contribution is 5.25. The molecule has 4 nitrogen and oxygen atoms in total. The van der Waals surface area contributed by atoms with Crippen LogP contribution < -0.4 is 5.32 Å². The number of nitrogens with one attached hydrogen (secondary N) is 1. The van der Waals surface area contributed by atoms with Crippen LogP contribution in [0.15, 0.2) is 41.7 Å². The van der Waals surface area contributed by atoms with Crippen LogP contribution >= 0.6 is 0 Å². The summed E-state index contributed by atoms with van der Waals surface area (Å²) in [6, 6.07) is 2.02. The fraction of sp³-hybridized carbons (Fsp3) is 0.200. The minimum Gasteiger partial charge on any atom is -0.472 e. The van der Waals surface area contributed by atoms with Gasteiger partial charge in [0, 0.05) is 23.5 Å². The van der Waals surface area contributed by atoms with Crippen molar-refractivity contribution in [3.63, 3.8) is 0 Å². The molecular weight excluding hydrogens is 178 g/mol. The molecule has 0 spiro atoms. The molecule has 0 aliphatic rings. The van der Waals surface area contributed by atoms with Crippen LogP contribution in [0.1, 0.15) is 17.2 Å². The number of hydrogen-bond acceptors (Lipinski definition) is 4. The van der Waals surface area contributed by atoms with Crippen LogP contribution in [0.4, 0.5) is 0 Å². The van der Waals surface area contributed by atoms with Gasteiger partial charge in [0.2, 0.25) is 0 Å². The van der Waals surface area contributed by atoms with Crippen molar-refractivity contribution in [1.29, 1.82) is 0 Å². The molecule has 0 aromatic carbocycles. The van der Waals surface area contributed by atoms with Gasteiger partial charge >= 0.3 is 0 Å². The van der Waals surface area contributed by atoms with Crippen molar-refractivity contribution in [2.75, 3.05) is 7.05 Å². The van der Waals surface area contributed by atoms with Gasteiger partial charge in [-0.3, -0.25) is 0 Å². The van der Waals surface area contributed by atoms with Gasteiger partial charge in [0.15, 0.2) is 0 Å². The van der Waals surface area contributed by atoms with Crippen molar-refractivity contribution in [3.8, 4) is 0 Å². The van der Waals surface area contributed by atoms with Gasteiger partial charge < -0.3 is 9.73 Å². The normalized spacial score (nSPS) is 12.6. The molecule has 1 N–H and O–H groups in total. The average molecular weight is 189 g/mol. The summed E-state index contributed by atoms with van der Waals surface area (Å²) in [6.07, 6.45) is 8.48. The van der Waals surface area contributed by atoms with Crippen LogP contribution in [-0.2, 0) is 0 Å². The van der Waals surface area contributed by atoms with E-state index < -0.39 is 0 Å². The van der Waals surface area contributed by atoms with Gasteiger partial charge in [-0.2, -0.15) is 0 Å². The molecule has 14 heavy (non-hydrogen) atoms. The third-order valence-electron chi connectivity index (χ3n) is 2.08. The summed E-state index contributed by atoms with van der Waals surface area (Å²) in [6.45, 7) is 0. The van der Waals surface area contributed by atoms with E-state index in [1.807, 2.05) is 13.1 Å². The van der Waals surface area contributed by atoms with Crippen LogP contribution in [0.25, 0.3) is 0 Å². The lowest BCUT2D eigenvalue weighted by Crippen LogP contribution is -2.17. The predicted octanol–water partition coefficient (Wildman–Crippen LogP) is 1.38. The van der Waals surface area contributed by atoms with E-state index in [0.717, 1.165) is 11.1 Å². The van der Waals surface area contributed by atoms with Crippen molar-refractivity contribution in [2.24, 2.45) is 0 Å². The Balaban J connectivity index is 2.31. The zero-order valence-electron chi connectivity index (χ0n) is 7.84. The first-order valence-corrected chi connectivity index (χ1v) is 4.36. The minimum atomic E-state index is 0.0925. The molecule has 2 rings (SSSR count). The van der Waals surface area contributed by atoms with Crippen LogP contribution in [0, 0.1) is 0 Å². The Bertz CT molecular complexity index is 372. The lowest BCUT2D eigenvalue weighted by molar-refractivity contribution is 0.557. The molecule has 0 amide bonds. The van der Waals surface area contributed by atoms with E-state index in [-0.39, 0.29) is 6.04 Å². The second-order valence-electron chi connectivity index (χ2n) is 2.95. The second-order valence-corrected chi connectivity index (χ2v) is 2.95. The highest BCUT2D eigenvalue weighted by Gasteiger charge is 2.12. The first-order chi connectivity index (χ1) is 6.92. The zero-order valence-corrected chi connectivity index (χ0v) is 7.84. The SMILES string of the molecule is CNC(c1cncnc1)c1ccoc1. The molecule has 72 valence electrons. The first-order valence-electron chi connectivity index (χ1n) is 4.36. The summed E-state index contributed by atoms with van der Waals surface area (Å²) in [5, 5.41) is 3.18. The van der Waals surface area contributed by atoms with E-state index >= 15 is 0 Å². The highest BCUT2D eigenvalue weighted by atomic mass is 16.3. The van der Waals surface area contributed by atoms with Gasteiger partial charge in [-0.15, -0.1) is 0 Å². The Morgan fingerprint density at radius 3 is 2.64 bits per heavy atom. The van der Waals surface area contributed by atoms with E-state index in [9.17, 15) is 0 Å². The molecule has 1 atom stereocenters. The molecule has 1 unspecified atom stereocenters. The molecule has 2 aromatic rings. The molecule has 0 aliphatic carbocycles.